The van der Waals surface area contributed by atoms with E-state index in [9.17, 15) is 0 Å². The van der Waals surface area contributed by atoms with E-state index in [1.807, 2.05) is 7.05 Å². The van der Waals surface area contributed by atoms with Crippen molar-refractivity contribution in [3.05, 3.63) is 5.82 Å². The molecule has 1 aromatic rings. The second-order valence-corrected chi connectivity index (χ2v) is 3.70. The third-order valence-electron chi connectivity index (χ3n) is 2.60. The number of likely N-dealkylation sites (tertiary alicyclic amines) is 1. The summed E-state index contributed by atoms with van der Waals surface area (Å²) in [6.07, 6.45) is 1.21. The van der Waals surface area contributed by atoms with Gasteiger partial charge in [-0.3, -0.25) is 4.90 Å². The van der Waals surface area contributed by atoms with Gasteiger partial charge in [0.2, 0.25) is 0 Å². The van der Waals surface area contributed by atoms with E-state index in [4.69, 9.17) is 0 Å². The summed E-state index contributed by atoms with van der Waals surface area (Å²) in [7, 11) is 3.80. The lowest BCUT2D eigenvalue weighted by molar-refractivity contribution is 0.313. The third-order valence-corrected chi connectivity index (χ3v) is 2.60. The lowest BCUT2D eigenvalue weighted by Gasteiger charge is -2.12. The van der Waals surface area contributed by atoms with E-state index in [-0.39, 0.29) is 0 Å². The molecule has 1 aliphatic heterocycles. The Bertz CT molecular complexity index is 296. The number of aryl methyl sites for hydroxylation is 1. The summed E-state index contributed by atoms with van der Waals surface area (Å²) in [5.41, 5.74) is 0. The molecule has 0 radical (unpaired) electrons. The molecule has 0 saturated carbocycles. The predicted molar refractivity (Wildman–Crippen MR) is 51.5 cm³/mol. The Morgan fingerprint density at radius 1 is 1.57 bits per heavy atom. The Morgan fingerprint density at radius 3 is 3.00 bits per heavy atom. The molecule has 0 amide bonds. The zero-order valence-corrected chi connectivity index (χ0v) is 8.64. The minimum atomic E-state index is 0.617. The first-order chi connectivity index (χ1) is 6.78. The zero-order valence-electron chi connectivity index (χ0n) is 8.64. The molecule has 6 nitrogen and oxygen atoms in total. The quantitative estimate of drug-likeness (QED) is 0.672. The number of likely N-dealkylation sites (N-methyl/N-ethyl adjacent to an activating group) is 1. The number of rotatable bonds is 3. The van der Waals surface area contributed by atoms with E-state index in [1.54, 1.807) is 7.05 Å². The number of hydrogen-bond donors (Lipinski definition) is 1. The second-order valence-electron chi connectivity index (χ2n) is 3.70. The van der Waals surface area contributed by atoms with Crippen LogP contribution in [0.4, 0.5) is 0 Å². The van der Waals surface area contributed by atoms with Crippen molar-refractivity contribution in [1.82, 2.24) is 30.4 Å². The van der Waals surface area contributed by atoms with Crippen LogP contribution in [0.25, 0.3) is 0 Å². The number of nitrogens with one attached hydrogen (secondary N) is 1. The van der Waals surface area contributed by atoms with Gasteiger partial charge in [0.1, 0.15) is 0 Å². The molecular formula is C8H16N6. The van der Waals surface area contributed by atoms with Gasteiger partial charge in [-0.05, 0) is 18.7 Å². The van der Waals surface area contributed by atoms with Crippen molar-refractivity contribution in [1.29, 1.82) is 0 Å². The first kappa shape index (κ1) is 9.54. The normalized spacial score (nSPS) is 23.1. The highest BCUT2D eigenvalue weighted by Gasteiger charge is 2.21. The molecule has 78 valence electrons. The van der Waals surface area contributed by atoms with Gasteiger partial charge in [0.05, 0.1) is 13.6 Å². The van der Waals surface area contributed by atoms with Crippen LogP contribution in [0.5, 0.6) is 0 Å². The van der Waals surface area contributed by atoms with Crippen molar-refractivity contribution < 1.29 is 0 Å². The fraction of sp³-hybridized carbons (Fsp3) is 0.875. The minimum Gasteiger partial charge on any atom is -0.316 e. The first-order valence-electron chi connectivity index (χ1n) is 4.90. The number of aromatic nitrogens is 4. The van der Waals surface area contributed by atoms with E-state index in [0.717, 1.165) is 25.5 Å². The van der Waals surface area contributed by atoms with Gasteiger partial charge in [-0.1, -0.05) is 0 Å². The second kappa shape index (κ2) is 4.02. The van der Waals surface area contributed by atoms with Crippen LogP contribution in [0.3, 0.4) is 0 Å². The fourth-order valence-corrected chi connectivity index (χ4v) is 1.80. The standard InChI is InChI=1S/C8H16N6/c1-9-7-3-4-14(5-7)6-8-10-12-13(2)11-8/h7,9H,3-6H2,1-2H3. The summed E-state index contributed by atoms with van der Waals surface area (Å²) in [5.74, 6) is 0.809. The molecule has 14 heavy (non-hydrogen) atoms. The van der Waals surface area contributed by atoms with Crippen molar-refractivity contribution in [2.45, 2.75) is 19.0 Å². The zero-order chi connectivity index (χ0) is 9.97. The van der Waals surface area contributed by atoms with Crippen LogP contribution in [0.2, 0.25) is 0 Å². The van der Waals surface area contributed by atoms with Crippen LogP contribution in [0.15, 0.2) is 0 Å². The van der Waals surface area contributed by atoms with Gasteiger partial charge in [-0.25, -0.2) is 0 Å². The molecule has 6 heteroatoms. The Labute approximate surface area is 83.3 Å². The van der Waals surface area contributed by atoms with Gasteiger partial charge >= 0.3 is 0 Å². The topological polar surface area (TPSA) is 58.9 Å². The van der Waals surface area contributed by atoms with E-state index >= 15 is 0 Å². The summed E-state index contributed by atoms with van der Waals surface area (Å²) < 4.78 is 0. The number of nitrogens with zero attached hydrogens (tertiary/aromatic N) is 5. The van der Waals surface area contributed by atoms with Crippen molar-refractivity contribution in [2.75, 3.05) is 20.1 Å². The van der Waals surface area contributed by atoms with Gasteiger partial charge in [0.15, 0.2) is 5.82 Å². The van der Waals surface area contributed by atoms with Crippen LogP contribution < -0.4 is 5.32 Å². The molecule has 2 rings (SSSR count). The van der Waals surface area contributed by atoms with Crippen molar-refractivity contribution in [3.8, 4) is 0 Å². The number of hydrogen-bond acceptors (Lipinski definition) is 5. The molecule has 0 bridgehead atoms. The highest BCUT2D eigenvalue weighted by molar-refractivity contribution is 4.84. The lowest BCUT2D eigenvalue weighted by atomic mass is 10.3. The van der Waals surface area contributed by atoms with E-state index in [0.29, 0.717) is 6.04 Å². The van der Waals surface area contributed by atoms with Crippen LogP contribution >= 0.6 is 0 Å². The average Bonchev–Trinajstić information content (AvgIpc) is 2.76. The molecule has 1 saturated heterocycles. The highest BCUT2D eigenvalue weighted by Crippen LogP contribution is 2.10. The van der Waals surface area contributed by atoms with Gasteiger partial charge in [-0.15, -0.1) is 10.2 Å². The van der Waals surface area contributed by atoms with Gasteiger partial charge in [-0.2, -0.15) is 4.80 Å². The van der Waals surface area contributed by atoms with Crippen molar-refractivity contribution in [2.24, 2.45) is 7.05 Å². The summed E-state index contributed by atoms with van der Waals surface area (Å²) in [6.45, 7) is 3.00. The Morgan fingerprint density at radius 2 is 2.43 bits per heavy atom. The van der Waals surface area contributed by atoms with E-state index in [1.165, 1.54) is 11.2 Å². The molecule has 2 heterocycles. The molecule has 1 fully saturated rings. The molecule has 0 aliphatic carbocycles. The molecular weight excluding hydrogens is 180 g/mol. The summed E-state index contributed by atoms with van der Waals surface area (Å²) in [6, 6.07) is 0.617. The summed E-state index contributed by atoms with van der Waals surface area (Å²) in [5, 5.41) is 15.2. The molecule has 1 atom stereocenters. The largest absolute Gasteiger partial charge is 0.316 e. The average molecular weight is 196 g/mol. The minimum absolute atomic E-state index is 0.617. The van der Waals surface area contributed by atoms with E-state index in [2.05, 4.69) is 25.6 Å². The van der Waals surface area contributed by atoms with Crippen molar-refractivity contribution >= 4 is 0 Å². The van der Waals surface area contributed by atoms with E-state index < -0.39 is 0 Å². The summed E-state index contributed by atoms with van der Waals surface area (Å²) >= 11 is 0. The lowest BCUT2D eigenvalue weighted by Crippen LogP contribution is -2.29. The van der Waals surface area contributed by atoms with Gasteiger partial charge in [0.25, 0.3) is 0 Å². The molecule has 1 aromatic heterocycles. The smallest absolute Gasteiger partial charge is 0.188 e. The Balaban J connectivity index is 1.87. The maximum absolute atomic E-state index is 4.16. The first-order valence-corrected chi connectivity index (χ1v) is 4.90. The third kappa shape index (κ3) is 2.08. The number of tetrazole rings is 1. The molecule has 0 aromatic carbocycles. The Hall–Kier alpha value is -1.01. The fourth-order valence-electron chi connectivity index (χ4n) is 1.80. The van der Waals surface area contributed by atoms with Crippen LogP contribution in [0, 0.1) is 0 Å². The van der Waals surface area contributed by atoms with Crippen LogP contribution in [0.1, 0.15) is 12.2 Å². The maximum atomic E-state index is 4.16. The van der Waals surface area contributed by atoms with Crippen molar-refractivity contribution in [3.63, 3.8) is 0 Å². The monoisotopic (exact) mass is 196 g/mol. The van der Waals surface area contributed by atoms with Crippen LogP contribution in [-0.4, -0.2) is 51.3 Å². The van der Waals surface area contributed by atoms with Gasteiger partial charge < -0.3 is 5.32 Å². The predicted octanol–water partition coefficient (Wildman–Crippen LogP) is -0.996. The Kier molecular flexibility index (Phi) is 2.74. The molecule has 1 aliphatic rings. The molecule has 1 N–H and O–H groups in total. The van der Waals surface area contributed by atoms with Gasteiger partial charge in [0, 0.05) is 19.1 Å². The molecule has 1 unspecified atom stereocenters. The summed E-state index contributed by atoms with van der Waals surface area (Å²) in [4.78, 5) is 3.85. The SMILES string of the molecule is CNC1CCN(Cc2nnn(C)n2)C1. The highest BCUT2D eigenvalue weighted by atomic mass is 15.6. The van der Waals surface area contributed by atoms with Crippen LogP contribution in [-0.2, 0) is 13.6 Å². The molecule has 0 spiro atoms. The maximum Gasteiger partial charge on any atom is 0.188 e.